The van der Waals surface area contributed by atoms with Crippen molar-refractivity contribution in [2.45, 2.75) is 43.8 Å². The molecule has 1 aliphatic carbocycles. The number of hydrogen-bond donors (Lipinski definition) is 1. The first-order valence-corrected chi connectivity index (χ1v) is 10.8. The minimum atomic E-state index is -0.352. The molecule has 2 unspecified atom stereocenters. The Labute approximate surface area is 180 Å². The third kappa shape index (κ3) is 3.63. The van der Waals surface area contributed by atoms with Gasteiger partial charge in [-0.2, -0.15) is 5.26 Å². The lowest BCUT2D eigenvalue weighted by molar-refractivity contribution is -0.131. The standard InChI is InChI=1S/C23H25FN6O/c1-15-8-18-13-29(14-19(15)30(18)21-5-2-16(9-25)10-27-21)22(31)12-28-23(6-7-23)20-4-3-17(24)11-26-20/h2-5,10-11,15,18-19,28H,6-8,12-14H2,1H3/t15-,18?,19?/m0/s1. The predicted molar refractivity (Wildman–Crippen MR) is 112 cm³/mol. The van der Waals surface area contributed by atoms with Crippen LogP contribution in [0.3, 0.4) is 0 Å². The van der Waals surface area contributed by atoms with Gasteiger partial charge in [-0.15, -0.1) is 0 Å². The molecule has 1 N–H and O–H groups in total. The van der Waals surface area contributed by atoms with Gasteiger partial charge in [0.15, 0.2) is 0 Å². The summed E-state index contributed by atoms with van der Waals surface area (Å²) in [6.07, 6.45) is 5.67. The molecular weight excluding hydrogens is 395 g/mol. The van der Waals surface area contributed by atoms with Crippen LogP contribution in [0.5, 0.6) is 0 Å². The maximum absolute atomic E-state index is 13.2. The van der Waals surface area contributed by atoms with Crippen molar-refractivity contribution in [2.24, 2.45) is 5.92 Å². The van der Waals surface area contributed by atoms with E-state index in [1.807, 2.05) is 11.0 Å². The van der Waals surface area contributed by atoms with E-state index in [2.05, 4.69) is 33.2 Å². The zero-order valence-corrected chi connectivity index (χ0v) is 17.5. The minimum absolute atomic E-state index is 0.0879. The van der Waals surface area contributed by atoms with Gasteiger partial charge in [-0.05, 0) is 49.4 Å². The van der Waals surface area contributed by atoms with E-state index in [0.717, 1.165) is 30.8 Å². The number of aromatic nitrogens is 2. The van der Waals surface area contributed by atoms with Gasteiger partial charge in [0.2, 0.25) is 5.91 Å². The highest BCUT2D eigenvalue weighted by atomic mass is 19.1. The number of rotatable bonds is 5. The fourth-order valence-electron chi connectivity index (χ4n) is 5.06. The largest absolute Gasteiger partial charge is 0.347 e. The second-order valence-electron chi connectivity index (χ2n) is 8.95. The summed E-state index contributed by atoms with van der Waals surface area (Å²) in [4.78, 5) is 26.0. The summed E-state index contributed by atoms with van der Waals surface area (Å²) in [5.41, 5.74) is 1.05. The number of carbonyl (C=O) groups excluding carboxylic acids is 1. The van der Waals surface area contributed by atoms with Crippen LogP contribution in [0.15, 0.2) is 36.7 Å². The summed E-state index contributed by atoms with van der Waals surface area (Å²) >= 11 is 0. The number of anilines is 1. The van der Waals surface area contributed by atoms with Crippen LogP contribution in [0.25, 0.3) is 0 Å². The van der Waals surface area contributed by atoms with E-state index in [1.165, 1.54) is 12.3 Å². The van der Waals surface area contributed by atoms with Crippen molar-refractivity contribution in [3.63, 3.8) is 0 Å². The van der Waals surface area contributed by atoms with Crippen molar-refractivity contribution >= 4 is 11.7 Å². The van der Waals surface area contributed by atoms with Crippen molar-refractivity contribution in [1.29, 1.82) is 5.26 Å². The summed E-state index contributed by atoms with van der Waals surface area (Å²) in [6.45, 7) is 3.82. The smallest absolute Gasteiger partial charge is 0.236 e. The Bertz CT molecular complexity index is 1010. The number of amides is 1. The molecule has 2 aromatic rings. The third-order valence-electron chi connectivity index (χ3n) is 6.93. The highest BCUT2D eigenvalue weighted by molar-refractivity contribution is 5.79. The van der Waals surface area contributed by atoms with E-state index in [9.17, 15) is 9.18 Å². The van der Waals surface area contributed by atoms with E-state index in [4.69, 9.17) is 5.26 Å². The van der Waals surface area contributed by atoms with E-state index < -0.39 is 0 Å². The Kier molecular flexibility index (Phi) is 4.86. The maximum Gasteiger partial charge on any atom is 0.236 e. The molecule has 0 radical (unpaired) electrons. The van der Waals surface area contributed by atoms with Crippen LogP contribution in [0.2, 0.25) is 0 Å². The molecule has 4 heterocycles. The van der Waals surface area contributed by atoms with Crippen LogP contribution in [-0.2, 0) is 10.3 Å². The Morgan fingerprint density at radius 1 is 1.26 bits per heavy atom. The van der Waals surface area contributed by atoms with Gasteiger partial charge in [-0.3, -0.25) is 15.1 Å². The summed E-state index contributed by atoms with van der Waals surface area (Å²) in [7, 11) is 0. The van der Waals surface area contributed by atoms with Gasteiger partial charge < -0.3 is 9.80 Å². The molecule has 0 aromatic carbocycles. The first-order valence-electron chi connectivity index (χ1n) is 10.8. The van der Waals surface area contributed by atoms with Crippen molar-refractivity contribution < 1.29 is 9.18 Å². The van der Waals surface area contributed by atoms with Gasteiger partial charge in [0.05, 0.1) is 35.6 Å². The topological polar surface area (TPSA) is 85.2 Å². The summed E-state index contributed by atoms with van der Waals surface area (Å²) in [6, 6.07) is 9.38. The number of halogens is 1. The predicted octanol–water partition coefficient (Wildman–Crippen LogP) is 2.19. The Hall–Kier alpha value is -3.05. The summed E-state index contributed by atoms with van der Waals surface area (Å²) < 4.78 is 13.2. The van der Waals surface area contributed by atoms with Crippen LogP contribution in [0.1, 0.15) is 37.4 Å². The number of likely N-dealkylation sites (tertiary alicyclic amines) is 1. The molecule has 1 saturated carbocycles. The number of nitriles is 1. The van der Waals surface area contributed by atoms with Crippen LogP contribution in [-0.4, -0.2) is 52.5 Å². The number of hydrogen-bond acceptors (Lipinski definition) is 6. The monoisotopic (exact) mass is 420 g/mol. The quantitative estimate of drug-likeness (QED) is 0.798. The number of carbonyl (C=O) groups is 1. The van der Waals surface area contributed by atoms with Gasteiger partial charge in [-0.1, -0.05) is 6.92 Å². The Balaban J connectivity index is 1.24. The number of nitrogens with one attached hydrogen (secondary N) is 1. The average molecular weight is 420 g/mol. The van der Waals surface area contributed by atoms with E-state index in [-0.39, 0.29) is 35.9 Å². The van der Waals surface area contributed by atoms with Gasteiger partial charge in [-0.25, -0.2) is 9.37 Å². The van der Waals surface area contributed by atoms with Crippen LogP contribution < -0.4 is 10.2 Å². The molecule has 8 heteroatoms. The van der Waals surface area contributed by atoms with Gasteiger partial charge in [0, 0.05) is 25.3 Å². The fourth-order valence-corrected chi connectivity index (χ4v) is 5.06. The number of nitrogens with zero attached hydrogens (tertiary/aromatic N) is 5. The van der Waals surface area contributed by atoms with Crippen molar-refractivity contribution in [3.05, 3.63) is 53.7 Å². The summed E-state index contributed by atoms with van der Waals surface area (Å²) in [5, 5.41) is 12.4. The molecule has 31 heavy (non-hydrogen) atoms. The van der Waals surface area contributed by atoms with Crippen molar-refractivity contribution in [2.75, 3.05) is 24.5 Å². The molecule has 2 aromatic heterocycles. The first-order chi connectivity index (χ1) is 15.0. The Morgan fingerprint density at radius 2 is 2.10 bits per heavy atom. The number of fused-ring (bicyclic) bond motifs is 2. The van der Waals surface area contributed by atoms with Crippen LogP contribution in [0, 0.1) is 23.1 Å². The molecule has 7 nitrogen and oxygen atoms in total. The molecule has 2 saturated heterocycles. The lowest BCUT2D eigenvalue weighted by Crippen LogP contribution is -2.58. The second-order valence-corrected chi connectivity index (χ2v) is 8.95. The molecule has 3 fully saturated rings. The molecule has 5 rings (SSSR count). The zero-order valence-electron chi connectivity index (χ0n) is 17.5. The molecule has 1 amide bonds. The van der Waals surface area contributed by atoms with E-state index >= 15 is 0 Å². The average Bonchev–Trinajstić information content (AvgIpc) is 3.55. The van der Waals surface area contributed by atoms with Gasteiger partial charge in [0.25, 0.3) is 0 Å². The van der Waals surface area contributed by atoms with Crippen molar-refractivity contribution in [1.82, 2.24) is 20.2 Å². The minimum Gasteiger partial charge on any atom is -0.347 e. The molecule has 3 atom stereocenters. The molecule has 3 aliphatic rings. The highest BCUT2D eigenvalue weighted by Crippen LogP contribution is 2.44. The van der Waals surface area contributed by atoms with Crippen molar-refractivity contribution in [3.8, 4) is 6.07 Å². The summed E-state index contributed by atoms with van der Waals surface area (Å²) in [5.74, 6) is 1.08. The Morgan fingerprint density at radius 3 is 2.71 bits per heavy atom. The maximum atomic E-state index is 13.2. The normalized spacial score (nSPS) is 25.9. The van der Waals surface area contributed by atoms with Gasteiger partial charge in [0.1, 0.15) is 17.7 Å². The van der Waals surface area contributed by atoms with E-state index in [0.29, 0.717) is 24.6 Å². The number of piperazine rings is 1. The second kappa shape index (κ2) is 7.57. The molecule has 2 aliphatic heterocycles. The van der Waals surface area contributed by atoms with E-state index in [1.54, 1.807) is 18.3 Å². The van der Waals surface area contributed by atoms with Crippen LogP contribution >= 0.6 is 0 Å². The molecule has 2 bridgehead atoms. The SMILES string of the molecule is C[C@H]1CC2CN(C(=O)CNC3(c4ccc(F)cn4)CC3)CC1N2c1ccc(C#N)cn1. The lowest BCUT2D eigenvalue weighted by atomic mass is 10.0. The molecule has 0 spiro atoms. The lowest BCUT2D eigenvalue weighted by Gasteiger charge is -2.42. The highest BCUT2D eigenvalue weighted by Gasteiger charge is 2.48. The van der Waals surface area contributed by atoms with Gasteiger partial charge >= 0.3 is 0 Å². The van der Waals surface area contributed by atoms with Crippen LogP contribution in [0.4, 0.5) is 10.2 Å². The first kappa shape index (κ1) is 19.9. The molecule has 160 valence electrons. The zero-order chi connectivity index (χ0) is 21.6. The number of pyridine rings is 2. The fraction of sp³-hybridized carbons (Fsp3) is 0.478. The third-order valence-corrected chi connectivity index (χ3v) is 6.93. The molecular formula is C23H25FN6O.